The summed E-state index contributed by atoms with van der Waals surface area (Å²) < 4.78 is 24.9. The summed E-state index contributed by atoms with van der Waals surface area (Å²) >= 11 is 0. The summed E-state index contributed by atoms with van der Waals surface area (Å²) in [6.45, 7) is 0. The first-order chi connectivity index (χ1) is 12.4. The Kier molecular flexibility index (Phi) is 4.05. The van der Waals surface area contributed by atoms with Crippen LogP contribution in [-0.4, -0.2) is 28.4 Å². The third-order valence-electron chi connectivity index (χ3n) is 4.26. The zero-order valence-corrected chi connectivity index (χ0v) is 15.4. The molecule has 0 spiro atoms. The van der Waals surface area contributed by atoms with Gasteiger partial charge in [-0.15, -0.1) is 0 Å². The van der Waals surface area contributed by atoms with Gasteiger partial charge in [0, 0.05) is 47.0 Å². The largest absolute Gasteiger partial charge is 0.281 e. The minimum absolute atomic E-state index is 0.0706. The van der Waals surface area contributed by atoms with Crippen molar-refractivity contribution in [1.29, 1.82) is 0 Å². The van der Waals surface area contributed by atoms with E-state index in [1.807, 2.05) is 43.7 Å². The molecule has 2 aromatic heterocycles. The van der Waals surface area contributed by atoms with E-state index in [0.717, 1.165) is 27.8 Å². The van der Waals surface area contributed by atoms with Crippen LogP contribution in [0.15, 0.2) is 59.8 Å². The number of rotatable bonds is 4. The number of aromatic nitrogens is 4. The van der Waals surface area contributed by atoms with E-state index in [9.17, 15) is 8.42 Å². The third-order valence-corrected chi connectivity index (χ3v) is 5.61. The molecule has 4 aromatic rings. The van der Waals surface area contributed by atoms with E-state index in [1.54, 1.807) is 16.8 Å². The van der Waals surface area contributed by atoms with Crippen LogP contribution < -0.4 is 0 Å². The maximum absolute atomic E-state index is 11.6. The van der Waals surface area contributed by atoms with Crippen molar-refractivity contribution in [2.75, 3.05) is 0 Å². The number of H-pyrrole nitrogens is 1. The van der Waals surface area contributed by atoms with E-state index in [2.05, 4.69) is 15.3 Å². The molecule has 2 heterocycles. The van der Waals surface area contributed by atoms with E-state index in [4.69, 9.17) is 10.7 Å². The van der Waals surface area contributed by atoms with Crippen molar-refractivity contribution in [1.82, 2.24) is 20.0 Å². The highest BCUT2D eigenvalue weighted by molar-refractivity contribution is 8.13. The number of hydrogen-bond acceptors (Lipinski definition) is 4. The number of aromatic amines is 1. The first kappa shape index (κ1) is 16.8. The van der Waals surface area contributed by atoms with E-state index in [0.29, 0.717) is 11.9 Å². The molecule has 0 aliphatic carbocycles. The van der Waals surface area contributed by atoms with Crippen molar-refractivity contribution in [3.05, 3.63) is 66.1 Å². The third kappa shape index (κ3) is 3.23. The molecule has 1 N–H and O–H groups in total. The monoisotopic (exact) mass is 386 g/mol. The lowest BCUT2D eigenvalue weighted by Gasteiger charge is -2.03. The van der Waals surface area contributed by atoms with Gasteiger partial charge in [0.15, 0.2) is 0 Å². The van der Waals surface area contributed by atoms with Gasteiger partial charge in [-0.1, -0.05) is 24.3 Å². The Balaban J connectivity index is 1.64. The lowest BCUT2D eigenvalue weighted by molar-refractivity contribution is 0.609. The molecule has 4 rings (SSSR count). The molecule has 0 amide bonds. The van der Waals surface area contributed by atoms with Crippen LogP contribution in [0.4, 0.5) is 0 Å². The predicted octanol–water partition coefficient (Wildman–Crippen LogP) is 3.48. The molecule has 0 atom stereocenters. The Morgan fingerprint density at radius 1 is 1.12 bits per heavy atom. The molecule has 0 aliphatic rings. The summed E-state index contributed by atoms with van der Waals surface area (Å²) in [6, 6.07) is 12.8. The second-order valence-electron chi connectivity index (χ2n) is 6.10. The number of halogens is 1. The van der Waals surface area contributed by atoms with Crippen LogP contribution in [0.1, 0.15) is 11.3 Å². The molecule has 2 aromatic carbocycles. The molecule has 8 heteroatoms. The van der Waals surface area contributed by atoms with Crippen LogP contribution in [0, 0.1) is 0 Å². The second-order valence-corrected chi connectivity index (χ2v) is 8.66. The van der Waals surface area contributed by atoms with Gasteiger partial charge < -0.3 is 0 Å². The first-order valence-electron chi connectivity index (χ1n) is 7.90. The van der Waals surface area contributed by atoms with Crippen molar-refractivity contribution < 1.29 is 8.42 Å². The van der Waals surface area contributed by atoms with Gasteiger partial charge in [0.2, 0.25) is 0 Å². The van der Waals surface area contributed by atoms with E-state index in [-0.39, 0.29) is 4.90 Å². The van der Waals surface area contributed by atoms with Crippen molar-refractivity contribution in [3.63, 3.8) is 0 Å². The van der Waals surface area contributed by atoms with Gasteiger partial charge in [0.05, 0.1) is 16.6 Å². The highest BCUT2D eigenvalue weighted by Crippen LogP contribution is 2.25. The summed E-state index contributed by atoms with van der Waals surface area (Å²) in [5.41, 5.74) is 4.78. The highest BCUT2D eigenvalue weighted by atomic mass is 35.7. The summed E-state index contributed by atoms with van der Waals surface area (Å²) in [4.78, 5) is 0.0706. The second kappa shape index (κ2) is 6.26. The Bertz CT molecular complexity index is 1190. The van der Waals surface area contributed by atoms with Crippen LogP contribution in [0.5, 0.6) is 0 Å². The minimum Gasteiger partial charge on any atom is -0.281 e. The normalized spacial score (nSPS) is 11.9. The molecule has 0 saturated carbocycles. The van der Waals surface area contributed by atoms with Gasteiger partial charge in [-0.05, 0) is 29.3 Å². The summed E-state index contributed by atoms with van der Waals surface area (Å²) in [7, 11) is 3.56. The minimum atomic E-state index is -3.77. The van der Waals surface area contributed by atoms with Gasteiger partial charge in [0.25, 0.3) is 9.05 Å². The van der Waals surface area contributed by atoms with Crippen molar-refractivity contribution in [2.45, 2.75) is 11.3 Å². The standard InChI is InChI=1S/C18H15ClN4O2S/c1-23-11-14(10-20-23)13-4-2-12(3-5-13)8-18-16-9-15(26(19,24)25)6-7-17(16)21-22-18/h2-7,9-11H,8H2,1H3,(H,21,22). The Labute approximate surface area is 154 Å². The smallest absolute Gasteiger partial charge is 0.261 e. The summed E-state index contributed by atoms with van der Waals surface area (Å²) in [5.74, 6) is 0. The zero-order valence-electron chi connectivity index (χ0n) is 13.8. The number of benzene rings is 2. The summed E-state index contributed by atoms with van der Waals surface area (Å²) in [6.07, 6.45) is 4.40. The number of nitrogens with one attached hydrogen (secondary N) is 1. The molecule has 26 heavy (non-hydrogen) atoms. The fraction of sp³-hybridized carbons (Fsp3) is 0.111. The molecule has 0 unspecified atom stereocenters. The molecule has 132 valence electrons. The molecular formula is C18H15ClN4O2S. The van der Waals surface area contributed by atoms with E-state index < -0.39 is 9.05 Å². The molecule has 6 nitrogen and oxygen atoms in total. The van der Waals surface area contributed by atoms with Crippen LogP contribution in [0.25, 0.3) is 22.0 Å². The fourth-order valence-corrected chi connectivity index (χ4v) is 3.70. The first-order valence-corrected chi connectivity index (χ1v) is 10.2. The van der Waals surface area contributed by atoms with Gasteiger partial charge in [-0.25, -0.2) is 8.42 Å². The zero-order chi connectivity index (χ0) is 18.3. The number of fused-ring (bicyclic) bond motifs is 1. The van der Waals surface area contributed by atoms with Gasteiger partial charge in [-0.3, -0.25) is 9.78 Å². The van der Waals surface area contributed by atoms with Crippen molar-refractivity contribution in [3.8, 4) is 11.1 Å². The predicted molar refractivity (Wildman–Crippen MR) is 101 cm³/mol. The lowest BCUT2D eigenvalue weighted by Crippen LogP contribution is -1.92. The molecule has 0 radical (unpaired) electrons. The molecule has 0 fully saturated rings. The summed E-state index contributed by atoms with van der Waals surface area (Å²) in [5, 5.41) is 12.2. The number of nitrogens with zero attached hydrogens (tertiary/aromatic N) is 3. The van der Waals surface area contributed by atoms with Gasteiger partial charge in [0.1, 0.15) is 0 Å². The quantitative estimate of drug-likeness (QED) is 0.544. The SMILES string of the molecule is Cn1cc(-c2ccc(Cc3[nH]nc4ccc(S(=O)(=O)Cl)cc34)cc2)cn1. The van der Waals surface area contributed by atoms with Crippen molar-refractivity contribution in [2.24, 2.45) is 7.05 Å². The van der Waals surface area contributed by atoms with Gasteiger partial charge >= 0.3 is 0 Å². The highest BCUT2D eigenvalue weighted by Gasteiger charge is 2.14. The van der Waals surface area contributed by atoms with Crippen LogP contribution in [-0.2, 0) is 22.5 Å². The van der Waals surface area contributed by atoms with Gasteiger partial charge in [-0.2, -0.15) is 10.2 Å². The van der Waals surface area contributed by atoms with Crippen LogP contribution in [0.3, 0.4) is 0 Å². The molecular weight excluding hydrogens is 372 g/mol. The Hall–Kier alpha value is -2.64. The van der Waals surface area contributed by atoms with Crippen molar-refractivity contribution >= 4 is 30.6 Å². The average Bonchev–Trinajstić information content (AvgIpc) is 3.21. The van der Waals surface area contributed by atoms with Crippen LogP contribution in [0.2, 0.25) is 0 Å². The average molecular weight is 387 g/mol. The van der Waals surface area contributed by atoms with Crippen LogP contribution >= 0.6 is 10.7 Å². The topological polar surface area (TPSA) is 80.6 Å². The molecule has 0 bridgehead atoms. The Morgan fingerprint density at radius 2 is 1.88 bits per heavy atom. The number of hydrogen-bond donors (Lipinski definition) is 1. The van der Waals surface area contributed by atoms with E-state index >= 15 is 0 Å². The molecule has 0 aliphatic heterocycles. The fourth-order valence-electron chi connectivity index (χ4n) is 2.92. The molecule has 0 saturated heterocycles. The maximum atomic E-state index is 11.6. The maximum Gasteiger partial charge on any atom is 0.261 e. The Morgan fingerprint density at radius 3 is 2.54 bits per heavy atom. The lowest BCUT2D eigenvalue weighted by atomic mass is 10.0. The van der Waals surface area contributed by atoms with E-state index in [1.165, 1.54) is 6.07 Å². The number of aryl methyl sites for hydroxylation is 1.